The van der Waals surface area contributed by atoms with Crippen LogP contribution in [0.2, 0.25) is 5.02 Å². The second-order valence-electron chi connectivity index (χ2n) is 3.05. The fraction of sp³-hybridized carbons (Fsp3) is 0.364. The maximum Gasteiger partial charge on any atom is 0.272 e. The zero-order valence-corrected chi connectivity index (χ0v) is 8.92. The molecule has 0 saturated heterocycles. The average molecular weight is 211 g/mol. The molecule has 3 heteroatoms. The standard InChI is InChI=1S/C11H13ClNO/c1-2-3-8-13-11(14)9-4-6-10(12)7-5-9/h4-7H,2-3,8H2,1H3. The van der Waals surface area contributed by atoms with Crippen molar-refractivity contribution >= 4 is 17.5 Å². The molecule has 1 radical (unpaired) electrons. The molecule has 0 aliphatic carbocycles. The van der Waals surface area contributed by atoms with Gasteiger partial charge in [-0.05, 0) is 30.7 Å². The zero-order valence-electron chi connectivity index (χ0n) is 8.16. The number of rotatable bonds is 4. The SMILES string of the molecule is CCCC[N]C(=O)c1ccc(Cl)cc1. The number of nitrogens with zero attached hydrogens (tertiary/aromatic N) is 1. The van der Waals surface area contributed by atoms with E-state index in [1.165, 1.54) is 0 Å². The summed E-state index contributed by atoms with van der Waals surface area (Å²) >= 11 is 5.70. The number of carbonyl (C=O) groups is 1. The monoisotopic (exact) mass is 210 g/mol. The van der Waals surface area contributed by atoms with Gasteiger partial charge in [0, 0.05) is 17.1 Å². The van der Waals surface area contributed by atoms with Gasteiger partial charge in [0.2, 0.25) is 0 Å². The lowest BCUT2D eigenvalue weighted by molar-refractivity contribution is 0.0948. The van der Waals surface area contributed by atoms with E-state index in [-0.39, 0.29) is 5.91 Å². The summed E-state index contributed by atoms with van der Waals surface area (Å²) in [4.78, 5) is 11.4. The van der Waals surface area contributed by atoms with Gasteiger partial charge >= 0.3 is 0 Å². The Bertz CT molecular complexity index is 295. The Morgan fingerprint density at radius 1 is 1.36 bits per heavy atom. The van der Waals surface area contributed by atoms with Crippen molar-refractivity contribution < 1.29 is 4.79 Å². The first-order valence-electron chi connectivity index (χ1n) is 4.71. The minimum absolute atomic E-state index is 0.157. The normalized spacial score (nSPS) is 9.86. The molecule has 1 amide bonds. The number of carbonyl (C=O) groups excluding carboxylic acids is 1. The van der Waals surface area contributed by atoms with E-state index >= 15 is 0 Å². The van der Waals surface area contributed by atoms with E-state index in [0.29, 0.717) is 17.1 Å². The van der Waals surface area contributed by atoms with Crippen molar-refractivity contribution in [3.05, 3.63) is 34.9 Å². The van der Waals surface area contributed by atoms with Crippen LogP contribution in [0.15, 0.2) is 24.3 Å². The fourth-order valence-corrected chi connectivity index (χ4v) is 1.15. The van der Waals surface area contributed by atoms with Gasteiger partial charge in [0.15, 0.2) is 0 Å². The van der Waals surface area contributed by atoms with Gasteiger partial charge in [-0.1, -0.05) is 24.9 Å². The van der Waals surface area contributed by atoms with E-state index in [1.807, 2.05) is 0 Å². The highest BCUT2D eigenvalue weighted by atomic mass is 35.5. The molecule has 1 rings (SSSR count). The average Bonchev–Trinajstić information content (AvgIpc) is 2.19. The molecule has 0 fully saturated rings. The molecule has 0 unspecified atom stereocenters. The molecule has 1 aromatic rings. The molecule has 0 aromatic heterocycles. The first-order valence-corrected chi connectivity index (χ1v) is 5.09. The van der Waals surface area contributed by atoms with E-state index in [9.17, 15) is 4.79 Å². The molecule has 0 heterocycles. The molecular weight excluding hydrogens is 198 g/mol. The molecule has 75 valence electrons. The Kier molecular flexibility index (Phi) is 4.47. The summed E-state index contributed by atoms with van der Waals surface area (Å²) < 4.78 is 0. The van der Waals surface area contributed by atoms with Gasteiger partial charge < -0.3 is 0 Å². The lowest BCUT2D eigenvalue weighted by atomic mass is 10.2. The van der Waals surface area contributed by atoms with E-state index in [1.54, 1.807) is 24.3 Å². The minimum Gasteiger partial charge on any atom is -0.267 e. The first kappa shape index (κ1) is 11.1. The largest absolute Gasteiger partial charge is 0.272 e. The molecule has 0 N–H and O–H groups in total. The topological polar surface area (TPSA) is 31.2 Å². The number of amides is 1. The first-order chi connectivity index (χ1) is 6.74. The number of unbranched alkanes of at least 4 members (excludes halogenated alkanes) is 1. The molecule has 0 aliphatic rings. The van der Waals surface area contributed by atoms with Crippen molar-refractivity contribution in [2.75, 3.05) is 6.54 Å². The molecule has 0 atom stereocenters. The Morgan fingerprint density at radius 3 is 2.57 bits per heavy atom. The van der Waals surface area contributed by atoms with Gasteiger partial charge in [0.1, 0.15) is 0 Å². The fourth-order valence-electron chi connectivity index (χ4n) is 1.02. The van der Waals surface area contributed by atoms with E-state index in [4.69, 9.17) is 11.6 Å². The summed E-state index contributed by atoms with van der Waals surface area (Å²) in [6.07, 6.45) is 2.01. The van der Waals surface area contributed by atoms with Crippen LogP contribution in [0.1, 0.15) is 30.1 Å². The zero-order chi connectivity index (χ0) is 10.4. The summed E-state index contributed by atoms with van der Waals surface area (Å²) in [5.41, 5.74) is 0.602. The second-order valence-corrected chi connectivity index (χ2v) is 3.48. The molecule has 2 nitrogen and oxygen atoms in total. The molecule has 0 spiro atoms. The maximum atomic E-state index is 11.4. The lowest BCUT2D eigenvalue weighted by Gasteiger charge is -2.00. The van der Waals surface area contributed by atoms with Crippen molar-refractivity contribution in [2.24, 2.45) is 0 Å². The highest BCUT2D eigenvalue weighted by molar-refractivity contribution is 6.30. The van der Waals surface area contributed by atoms with Crippen LogP contribution in [0.3, 0.4) is 0 Å². The van der Waals surface area contributed by atoms with Crippen LogP contribution in [0.5, 0.6) is 0 Å². The molecule has 1 aromatic carbocycles. The predicted octanol–water partition coefficient (Wildman–Crippen LogP) is 2.88. The summed E-state index contributed by atoms with van der Waals surface area (Å²) in [5, 5.41) is 4.57. The van der Waals surface area contributed by atoms with Crippen LogP contribution in [0.4, 0.5) is 0 Å². The van der Waals surface area contributed by atoms with Crippen LogP contribution in [0.25, 0.3) is 0 Å². The van der Waals surface area contributed by atoms with Crippen molar-refractivity contribution in [1.29, 1.82) is 0 Å². The number of hydrogen-bond donors (Lipinski definition) is 0. The molecule has 0 bridgehead atoms. The van der Waals surface area contributed by atoms with Crippen molar-refractivity contribution in [3.8, 4) is 0 Å². The summed E-state index contributed by atoms with van der Waals surface area (Å²) in [6, 6.07) is 6.79. The van der Waals surface area contributed by atoms with E-state index in [0.717, 1.165) is 12.8 Å². The number of halogens is 1. The third-order valence-electron chi connectivity index (χ3n) is 1.86. The van der Waals surface area contributed by atoms with Gasteiger partial charge in [-0.2, -0.15) is 0 Å². The number of benzene rings is 1. The minimum atomic E-state index is -0.157. The summed E-state index contributed by atoms with van der Waals surface area (Å²) in [7, 11) is 0. The van der Waals surface area contributed by atoms with Crippen LogP contribution < -0.4 is 5.32 Å². The third kappa shape index (κ3) is 3.38. The van der Waals surface area contributed by atoms with E-state index in [2.05, 4.69) is 12.2 Å². The molecule has 14 heavy (non-hydrogen) atoms. The second kappa shape index (κ2) is 5.66. The quantitative estimate of drug-likeness (QED) is 0.703. The Balaban J connectivity index is 2.48. The highest BCUT2D eigenvalue weighted by Gasteiger charge is 2.04. The lowest BCUT2D eigenvalue weighted by Crippen LogP contribution is -2.16. The smallest absolute Gasteiger partial charge is 0.267 e. The van der Waals surface area contributed by atoms with Crippen LogP contribution in [-0.2, 0) is 0 Å². The van der Waals surface area contributed by atoms with Crippen molar-refractivity contribution in [1.82, 2.24) is 5.32 Å². The Hall–Kier alpha value is -1.02. The third-order valence-corrected chi connectivity index (χ3v) is 2.11. The van der Waals surface area contributed by atoms with Gasteiger partial charge in [0.25, 0.3) is 5.91 Å². The predicted molar refractivity (Wildman–Crippen MR) is 57.7 cm³/mol. The van der Waals surface area contributed by atoms with Crippen LogP contribution in [-0.4, -0.2) is 12.5 Å². The molecule has 0 saturated carbocycles. The molecule has 0 aliphatic heterocycles. The summed E-state index contributed by atoms with van der Waals surface area (Å²) in [6.45, 7) is 2.68. The van der Waals surface area contributed by atoms with Gasteiger partial charge in [0.05, 0.1) is 0 Å². The Morgan fingerprint density at radius 2 is 2.00 bits per heavy atom. The summed E-state index contributed by atoms with van der Waals surface area (Å²) in [5.74, 6) is -0.157. The van der Waals surface area contributed by atoms with Crippen molar-refractivity contribution in [2.45, 2.75) is 19.8 Å². The highest BCUT2D eigenvalue weighted by Crippen LogP contribution is 2.09. The van der Waals surface area contributed by atoms with Crippen molar-refractivity contribution in [3.63, 3.8) is 0 Å². The van der Waals surface area contributed by atoms with Gasteiger partial charge in [-0.15, -0.1) is 0 Å². The van der Waals surface area contributed by atoms with E-state index < -0.39 is 0 Å². The van der Waals surface area contributed by atoms with Crippen LogP contribution in [0, 0.1) is 0 Å². The molecular formula is C11H13ClNO. The van der Waals surface area contributed by atoms with Gasteiger partial charge in [-0.3, -0.25) is 4.79 Å². The number of hydrogen-bond acceptors (Lipinski definition) is 1. The Labute approximate surface area is 89.3 Å². The van der Waals surface area contributed by atoms with Crippen LogP contribution >= 0.6 is 11.6 Å². The van der Waals surface area contributed by atoms with Gasteiger partial charge in [-0.25, -0.2) is 5.32 Å². The maximum absolute atomic E-state index is 11.4.